The fraction of sp³-hybridized carbons (Fsp3) is 0.500. The van der Waals surface area contributed by atoms with Gasteiger partial charge in [0.1, 0.15) is 0 Å². The van der Waals surface area contributed by atoms with E-state index in [4.69, 9.17) is 5.73 Å². The predicted octanol–water partition coefficient (Wildman–Crippen LogP) is 1.87. The first-order chi connectivity index (χ1) is 6.59. The summed E-state index contributed by atoms with van der Waals surface area (Å²) in [5.74, 6) is 0.519. The standard InChI is InChI=1S/C10H17N3S/c1-7(2)13-10(11)12-4-9-6-14-5-8(9)3/h5-7H,4H2,1-3H3,(H3,11,12,13). The molecule has 0 aliphatic rings. The summed E-state index contributed by atoms with van der Waals surface area (Å²) in [5, 5.41) is 7.29. The Bertz CT molecular complexity index is 315. The summed E-state index contributed by atoms with van der Waals surface area (Å²) in [7, 11) is 0. The molecular formula is C10H17N3S. The number of guanidine groups is 1. The van der Waals surface area contributed by atoms with E-state index >= 15 is 0 Å². The highest BCUT2D eigenvalue weighted by atomic mass is 32.1. The van der Waals surface area contributed by atoms with E-state index in [0.717, 1.165) is 0 Å². The van der Waals surface area contributed by atoms with Gasteiger partial charge in [0.15, 0.2) is 5.96 Å². The minimum absolute atomic E-state index is 0.335. The number of rotatable bonds is 3. The first-order valence-electron chi connectivity index (χ1n) is 4.67. The number of thiophene rings is 1. The molecule has 0 saturated heterocycles. The van der Waals surface area contributed by atoms with Crippen molar-refractivity contribution < 1.29 is 0 Å². The lowest BCUT2D eigenvalue weighted by molar-refractivity contribution is 0.723. The van der Waals surface area contributed by atoms with E-state index in [1.807, 2.05) is 13.8 Å². The molecule has 0 bridgehead atoms. The van der Waals surface area contributed by atoms with Gasteiger partial charge in [-0.15, -0.1) is 0 Å². The highest BCUT2D eigenvalue weighted by molar-refractivity contribution is 7.08. The summed E-state index contributed by atoms with van der Waals surface area (Å²) in [6, 6.07) is 0.335. The fourth-order valence-corrected chi connectivity index (χ4v) is 1.91. The zero-order valence-corrected chi connectivity index (χ0v) is 9.69. The van der Waals surface area contributed by atoms with Gasteiger partial charge in [-0.1, -0.05) is 0 Å². The van der Waals surface area contributed by atoms with Crippen molar-refractivity contribution in [3.05, 3.63) is 21.9 Å². The normalized spacial score (nSPS) is 12.1. The lowest BCUT2D eigenvalue weighted by Crippen LogP contribution is -2.36. The van der Waals surface area contributed by atoms with Gasteiger partial charge in [-0.05, 0) is 42.7 Å². The van der Waals surface area contributed by atoms with Crippen LogP contribution in [0.15, 0.2) is 15.8 Å². The molecular weight excluding hydrogens is 194 g/mol. The van der Waals surface area contributed by atoms with Gasteiger partial charge in [0.05, 0.1) is 6.54 Å². The second-order valence-electron chi connectivity index (χ2n) is 3.58. The second kappa shape index (κ2) is 5.00. The molecule has 1 aromatic rings. The van der Waals surface area contributed by atoms with Crippen molar-refractivity contribution in [3.63, 3.8) is 0 Å². The van der Waals surface area contributed by atoms with Crippen LogP contribution in [0.5, 0.6) is 0 Å². The van der Waals surface area contributed by atoms with E-state index in [2.05, 4.69) is 28.0 Å². The van der Waals surface area contributed by atoms with Crippen LogP contribution in [-0.2, 0) is 6.54 Å². The summed E-state index contributed by atoms with van der Waals surface area (Å²) in [5.41, 5.74) is 8.22. The molecule has 4 heteroatoms. The Morgan fingerprint density at radius 3 is 2.79 bits per heavy atom. The van der Waals surface area contributed by atoms with Gasteiger partial charge in [-0.3, -0.25) is 0 Å². The number of nitrogens with two attached hydrogens (primary N) is 1. The molecule has 0 unspecified atom stereocenters. The van der Waals surface area contributed by atoms with E-state index < -0.39 is 0 Å². The van der Waals surface area contributed by atoms with E-state index in [9.17, 15) is 0 Å². The maximum Gasteiger partial charge on any atom is 0.189 e. The maximum absolute atomic E-state index is 5.68. The fourth-order valence-electron chi connectivity index (χ4n) is 1.06. The average molecular weight is 211 g/mol. The Labute approximate surface area is 89.0 Å². The Kier molecular flexibility index (Phi) is 3.95. The lowest BCUT2D eigenvalue weighted by atomic mass is 10.2. The Hall–Kier alpha value is -1.03. The number of nitrogens with zero attached hydrogens (tertiary/aromatic N) is 1. The van der Waals surface area contributed by atoms with Gasteiger partial charge in [0.25, 0.3) is 0 Å². The van der Waals surface area contributed by atoms with Crippen molar-refractivity contribution in [1.82, 2.24) is 5.32 Å². The van der Waals surface area contributed by atoms with Crippen molar-refractivity contribution in [2.24, 2.45) is 10.7 Å². The Balaban J connectivity index is 2.50. The van der Waals surface area contributed by atoms with Crippen molar-refractivity contribution in [2.75, 3.05) is 0 Å². The number of aryl methyl sites for hydroxylation is 1. The van der Waals surface area contributed by atoms with E-state index in [0.29, 0.717) is 18.5 Å². The van der Waals surface area contributed by atoms with Crippen LogP contribution in [0.25, 0.3) is 0 Å². The van der Waals surface area contributed by atoms with E-state index in [1.165, 1.54) is 11.1 Å². The van der Waals surface area contributed by atoms with Crippen molar-refractivity contribution in [1.29, 1.82) is 0 Å². The minimum atomic E-state index is 0.335. The topological polar surface area (TPSA) is 50.4 Å². The van der Waals surface area contributed by atoms with E-state index in [1.54, 1.807) is 11.3 Å². The lowest BCUT2D eigenvalue weighted by Gasteiger charge is -2.08. The van der Waals surface area contributed by atoms with Crippen LogP contribution in [0, 0.1) is 6.92 Å². The van der Waals surface area contributed by atoms with Crippen molar-refractivity contribution in [3.8, 4) is 0 Å². The van der Waals surface area contributed by atoms with Crippen LogP contribution in [0.3, 0.4) is 0 Å². The van der Waals surface area contributed by atoms with Gasteiger partial charge in [-0.25, -0.2) is 4.99 Å². The predicted molar refractivity (Wildman–Crippen MR) is 62.7 cm³/mol. The third-order valence-corrected chi connectivity index (χ3v) is 2.73. The van der Waals surface area contributed by atoms with Crippen LogP contribution in [0.1, 0.15) is 25.0 Å². The average Bonchev–Trinajstić information content (AvgIpc) is 2.46. The molecule has 0 spiro atoms. The molecule has 3 N–H and O–H groups in total. The molecule has 0 fully saturated rings. The van der Waals surface area contributed by atoms with Crippen LogP contribution >= 0.6 is 11.3 Å². The minimum Gasteiger partial charge on any atom is -0.370 e. The highest BCUT2D eigenvalue weighted by Crippen LogP contribution is 2.14. The Morgan fingerprint density at radius 1 is 1.57 bits per heavy atom. The van der Waals surface area contributed by atoms with Gasteiger partial charge < -0.3 is 11.1 Å². The molecule has 1 rings (SSSR count). The highest BCUT2D eigenvalue weighted by Gasteiger charge is 1.99. The largest absolute Gasteiger partial charge is 0.370 e. The molecule has 0 atom stereocenters. The van der Waals surface area contributed by atoms with Gasteiger partial charge in [0.2, 0.25) is 0 Å². The van der Waals surface area contributed by atoms with Crippen LogP contribution < -0.4 is 11.1 Å². The third kappa shape index (κ3) is 3.38. The molecule has 0 radical (unpaired) electrons. The zero-order chi connectivity index (χ0) is 10.6. The van der Waals surface area contributed by atoms with E-state index in [-0.39, 0.29) is 0 Å². The van der Waals surface area contributed by atoms with Crippen LogP contribution in [0.2, 0.25) is 0 Å². The molecule has 3 nitrogen and oxygen atoms in total. The molecule has 1 heterocycles. The third-order valence-electron chi connectivity index (χ3n) is 1.82. The summed E-state index contributed by atoms with van der Waals surface area (Å²) in [6.07, 6.45) is 0. The molecule has 0 saturated carbocycles. The molecule has 0 aliphatic carbocycles. The van der Waals surface area contributed by atoms with Gasteiger partial charge >= 0.3 is 0 Å². The number of hydrogen-bond acceptors (Lipinski definition) is 2. The summed E-state index contributed by atoms with van der Waals surface area (Å²) in [4.78, 5) is 4.26. The van der Waals surface area contributed by atoms with Crippen molar-refractivity contribution >= 4 is 17.3 Å². The SMILES string of the molecule is Cc1cscc1CN=C(N)NC(C)C. The summed E-state index contributed by atoms with van der Waals surface area (Å²) >= 11 is 1.70. The molecule has 14 heavy (non-hydrogen) atoms. The summed E-state index contributed by atoms with van der Waals surface area (Å²) in [6.45, 7) is 6.84. The number of hydrogen-bond donors (Lipinski definition) is 2. The van der Waals surface area contributed by atoms with Crippen LogP contribution in [-0.4, -0.2) is 12.0 Å². The molecule has 1 aromatic heterocycles. The van der Waals surface area contributed by atoms with Gasteiger partial charge in [0, 0.05) is 6.04 Å². The second-order valence-corrected chi connectivity index (χ2v) is 4.32. The molecule has 0 amide bonds. The number of nitrogens with one attached hydrogen (secondary N) is 1. The van der Waals surface area contributed by atoms with Crippen molar-refractivity contribution in [2.45, 2.75) is 33.4 Å². The quantitative estimate of drug-likeness (QED) is 0.592. The molecule has 78 valence electrons. The monoisotopic (exact) mass is 211 g/mol. The number of aliphatic imine (C=N–C) groups is 1. The zero-order valence-electron chi connectivity index (χ0n) is 8.87. The maximum atomic E-state index is 5.68. The van der Waals surface area contributed by atoms with Gasteiger partial charge in [-0.2, -0.15) is 11.3 Å². The first-order valence-corrected chi connectivity index (χ1v) is 5.62. The summed E-state index contributed by atoms with van der Waals surface area (Å²) < 4.78 is 0. The molecule has 0 aromatic carbocycles. The Morgan fingerprint density at radius 2 is 2.29 bits per heavy atom. The van der Waals surface area contributed by atoms with Crippen LogP contribution in [0.4, 0.5) is 0 Å². The first kappa shape index (κ1) is 11.0. The molecule has 0 aliphatic heterocycles. The smallest absolute Gasteiger partial charge is 0.189 e.